The van der Waals surface area contributed by atoms with Crippen molar-refractivity contribution in [2.45, 2.75) is 50.4 Å². The second-order valence-electron chi connectivity index (χ2n) is 4.78. The lowest BCUT2D eigenvalue weighted by atomic mass is 9.86. The van der Waals surface area contributed by atoms with Crippen molar-refractivity contribution < 1.29 is 22.4 Å². The monoisotopic (exact) mass is 279 g/mol. The lowest BCUT2D eigenvalue weighted by Gasteiger charge is -2.23. The topological polar surface area (TPSA) is 74.2 Å². The Hall–Kier alpha value is -1.15. The van der Waals surface area contributed by atoms with Crippen molar-refractivity contribution in [2.24, 2.45) is 5.73 Å². The molecule has 1 aliphatic carbocycles. The standard InChI is InChI=1S/C11H16F3N3O2/c12-11(13,14)6-18-5-9-16-10(19-17-9)7-2-1-3-8(15)4-7/h7-8H,1-6,15H2. The Morgan fingerprint density at radius 3 is 2.84 bits per heavy atom. The van der Waals surface area contributed by atoms with Crippen molar-refractivity contribution in [1.29, 1.82) is 0 Å². The third kappa shape index (κ3) is 4.46. The van der Waals surface area contributed by atoms with Crippen LogP contribution < -0.4 is 5.73 Å². The number of ether oxygens (including phenoxy) is 1. The molecule has 2 N–H and O–H groups in total. The maximum atomic E-state index is 11.9. The highest BCUT2D eigenvalue weighted by atomic mass is 19.4. The smallest absolute Gasteiger partial charge is 0.364 e. The Kier molecular flexibility index (Phi) is 4.41. The van der Waals surface area contributed by atoms with Gasteiger partial charge in [0, 0.05) is 12.0 Å². The molecule has 0 spiro atoms. The molecule has 0 bridgehead atoms. The summed E-state index contributed by atoms with van der Waals surface area (Å²) < 4.78 is 45.2. The van der Waals surface area contributed by atoms with Gasteiger partial charge in [-0.05, 0) is 19.3 Å². The highest BCUT2D eigenvalue weighted by Gasteiger charge is 2.28. The normalized spacial score (nSPS) is 24.6. The second-order valence-corrected chi connectivity index (χ2v) is 4.78. The van der Waals surface area contributed by atoms with Crippen LogP contribution in [0.5, 0.6) is 0 Å². The summed E-state index contributed by atoms with van der Waals surface area (Å²) >= 11 is 0. The highest BCUT2D eigenvalue weighted by molar-refractivity contribution is 4.97. The van der Waals surface area contributed by atoms with Gasteiger partial charge < -0.3 is 15.0 Å². The maximum Gasteiger partial charge on any atom is 0.411 e. The van der Waals surface area contributed by atoms with Gasteiger partial charge in [0.2, 0.25) is 5.89 Å². The van der Waals surface area contributed by atoms with Crippen LogP contribution in [0.1, 0.15) is 43.3 Å². The average Bonchev–Trinajstić information content (AvgIpc) is 2.76. The Balaban J connectivity index is 1.85. The Morgan fingerprint density at radius 2 is 2.16 bits per heavy atom. The Morgan fingerprint density at radius 1 is 1.37 bits per heavy atom. The molecular weight excluding hydrogens is 263 g/mol. The molecule has 5 nitrogen and oxygen atoms in total. The molecule has 1 heterocycles. The third-order valence-corrected chi connectivity index (χ3v) is 3.04. The van der Waals surface area contributed by atoms with Gasteiger partial charge in [0.05, 0.1) is 0 Å². The van der Waals surface area contributed by atoms with E-state index in [0.29, 0.717) is 5.89 Å². The molecule has 2 atom stereocenters. The van der Waals surface area contributed by atoms with Crippen LogP contribution in [0.4, 0.5) is 13.2 Å². The zero-order chi connectivity index (χ0) is 13.9. The molecule has 0 saturated heterocycles. The van der Waals surface area contributed by atoms with Crippen molar-refractivity contribution in [1.82, 2.24) is 10.1 Å². The number of hydrogen-bond acceptors (Lipinski definition) is 5. The SMILES string of the molecule is NC1CCCC(c2nc(COCC(F)(F)F)no2)C1. The predicted octanol–water partition coefficient (Wildman–Crippen LogP) is 2.13. The lowest BCUT2D eigenvalue weighted by molar-refractivity contribution is -0.177. The van der Waals surface area contributed by atoms with Gasteiger partial charge in [-0.15, -0.1) is 0 Å². The van der Waals surface area contributed by atoms with E-state index in [1.165, 1.54) is 0 Å². The molecule has 2 unspecified atom stereocenters. The molecule has 0 amide bonds. The fourth-order valence-electron chi connectivity index (χ4n) is 2.20. The first-order chi connectivity index (χ1) is 8.94. The molecule has 1 aromatic heterocycles. The van der Waals surface area contributed by atoms with Crippen LogP contribution >= 0.6 is 0 Å². The van der Waals surface area contributed by atoms with Crippen molar-refractivity contribution in [3.05, 3.63) is 11.7 Å². The highest BCUT2D eigenvalue weighted by Crippen LogP contribution is 2.31. The number of aromatic nitrogens is 2. The van der Waals surface area contributed by atoms with Gasteiger partial charge in [0.15, 0.2) is 5.82 Å². The number of alkyl halides is 3. The Labute approximate surface area is 108 Å². The van der Waals surface area contributed by atoms with E-state index in [9.17, 15) is 13.2 Å². The Bertz CT molecular complexity index is 408. The third-order valence-electron chi connectivity index (χ3n) is 3.04. The van der Waals surface area contributed by atoms with E-state index in [1.54, 1.807) is 0 Å². The number of nitrogens with two attached hydrogens (primary N) is 1. The van der Waals surface area contributed by atoms with Gasteiger partial charge in [0.1, 0.15) is 13.2 Å². The molecule has 8 heteroatoms. The molecule has 1 aliphatic rings. The molecule has 0 aromatic carbocycles. The number of rotatable bonds is 4. The van der Waals surface area contributed by atoms with Crippen LogP contribution in [0.15, 0.2) is 4.52 Å². The summed E-state index contributed by atoms with van der Waals surface area (Å²) in [5.74, 6) is 0.687. The van der Waals surface area contributed by atoms with Gasteiger partial charge >= 0.3 is 6.18 Å². The summed E-state index contributed by atoms with van der Waals surface area (Å²) in [7, 11) is 0. The first-order valence-electron chi connectivity index (χ1n) is 6.16. The van der Waals surface area contributed by atoms with Gasteiger partial charge in [-0.3, -0.25) is 0 Å². The van der Waals surface area contributed by atoms with E-state index in [0.717, 1.165) is 25.7 Å². The molecule has 1 aromatic rings. The van der Waals surface area contributed by atoms with E-state index in [2.05, 4.69) is 14.9 Å². The minimum absolute atomic E-state index is 0.104. The largest absolute Gasteiger partial charge is 0.411 e. The van der Waals surface area contributed by atoms with Crippen molar-refractivity contribution in [2.75, 3.05) is 6.61 Å². The van der Waals surface area contributed by atoms with Gasteiger partial charge in [-0.25, -0.2) is 0 Å². The van der Waals surface area contributed by atoms with Gasteiger partial charge in [-0.2, -0.15) is 18.2 Å². The molecular formula is C11H16F3N3O2. The summed E-state index contributed by atoms with van der Waals surface area (Å²) in [4.78, 5) is 4.06. The lowest BCUT2D eigenvalue weighted by Crippen LogP contribution is -2.27. The molecule has 1 fully saturated rings. The van der Waals surface area contributed by atoms with Crippen LogP contribution in [0, 0.1) is 0 Å². The molecule has 0 radical (unpaired) electrons. The van der Waals surface area contributed by atoms with Crippen molar-refractivity contribution in [3.63, 3.8) is 0 Å². The molecule has 2 rings (SSSR count). The first-order valence-corrected chi connectivity index (χ1v) is 6.16. The van der Waals surface area contributed by atoms with E-state index >= 15 is 0 Å². The summed E-state index contributed by atoms with van der Waals surface area (Å²) in [6, 6.07) is 0.121. The number of hydrogen-bond donors (Lipinski definition) is 1. The molecule has 1 saturated carbocycles. The van der Waals surface area contributed by atoms with Crippen molar-refractivity contribution in [3.8, 4) is 0 Å². The van der Waals surface area contributed by atoms with Gasteiger partial charge in [-0.1, -0.05) is 11.6 Å². The summed E-state index contributed by atoms with van der Waals surface area (Å²) in [6.45, 7) is -1.62. The minimum atomic E-state index is -4.34. The van der Waals surface area contributed by atoms with Crippen LogP contribution in [-0.4, -0.2) is 29.0 Å². The van der Waals surface area contributed by atoms with Crippen LogP contribution in [-0.2, 0) is 11.3 Å². The zero-order valence-electron chi connectivity index (χ0n) is 10.3. The molecule has 19 heavy (non-hydrogen) atoms. The minimum Gasteiger partial charge on any atom is -0.364 e. The molecule has 108 valence electrons. The van der Waals surface area contributed by atoms with E-state index in [-0.39, 0.29) is 24.4 Å². The second kappa shape index (κ2) is 5.87. The first kappa shape index (κ1) is 14.3. The predicted molar refractivity (Wildman–Crippen MR) is 59.2 cm³/mol. The fraction of sp³-hybridized carbons (Fsp3) is 0.818. The van der Waals surface area contributed by atoms with E-state index in [4.69, 9.17) is 10.3 Å². The summed E-state index contributed by atoms with van der Waals surface area (Å²) in [5.41, 5.74) is 5.86. The van der Waals surface area contributed by atoms with Crippen LogP contribution in [0.3, 0.4) is 0 Å². The number of halogens is 3. The van der Waals surface area contributed by atoms with Crippen LogP contribution in [0.2, 0.25) is 0 Å². The average molecular weight is 279 g/mol. The van der Waals surface area contributed by atoms with E-state index in [1.807, 2.05) is 0 Å². The number of nitrogens with zero attached hydrogens (tertiary/aromatic N) is 2. The van der Waals surface area contributed by atoms with Gasteiger partial charge in [0.25, 0.3) is 0 Å². The fourth-order valence-corrected chi connectivity index (χ4v) is 2.20. The zero-order valence-corrected chi connectivity index (χ0v) is 10.3. The van der Waals surface area contributed by atoms with E-state index < -0.39 is 12.8 Å². The van der Waals surface area contributed by atoms with Crippen LogP contribution in [0.25, 0.3) is 0 Å². The van der Waals surface area contributed by atoms with Crippen molar-refractivity contribution >= 4 is 0 Å². The molecule has 0 aliphatic heterocycles. The summed E-state index contributed by atoms with van der Waals surface area (Å²) in [5, 5.41) is 3.62. The summed E-state index contributed by atoms with van der Waals surface area (Å²) in [6.07, 6.45) is -0.688. The maximum absolute atomic E-state index is 11.9. The quantitative estimate of drug-likeness (QED) is 0.914.